The first-order valence-electron chi connectivity index (χ1n) is 7.10. The van der Waals surface area contributed by atoms with Crippen LogP contribution in [0.3, 0.4) is 0 Å². The molecule has 6 nitrogen and oxygen atoms in total. The van der Waals surface area contributed by atoms with Gasteiger partial charge in [-0.1, -0.05) is 0 Å². The topological polar surface area (TPSA) is 66.4 Å². The summed E-state index contributed by atoms with van der Waals surface area (Å²) in [6.45, 7) is 12.0. The van der Waals surface area contributed by atoms with E-state index in [2.05, 4.69) is 0 Å². The summed E-state index contributed by atoms with van der Waals surface area (Å²) in [5, 5.41) is 8.59. The fourth-order valence-corrected chi connectivity index (χ4v) is 1.95. The molecule has 2 saturated heterocycles. The molecule has 1 N–H and O–H groups in total. The van der Waals surface area contributed by atoms with Crippen LogP contribution >= 0.6 is 0 Å². The van der Waals surface area contributed by atoms with E-state index in [1.165, 1.54) is 0 Å². The van der Waals surface area contributed by atoms with Gasteiger partial charge in [0.15, 0.2) is 11.6 Å². The number of hydrogen-bond donors (Lipinski definition) is 1. The van der Waals surface area contributed by atoms with Gasteiger partial charge in [0.1, 0.15) is 12.2 Å². The lowest BCUT2D eigenvalue weighted by atomic mass is 10.4. The second kappa shape index (κ2) is 7.68. The van der Waals surface area contributed by atoms with E-state index in [1.807, 2.05) is 34.6 Å². The summed E-state index contributed by atoms with van der Waals surface area (Å²) in [4.78, 5) is 0. The van der Waals surface area contributed by atoms with Gasteiger partial charge < -0.3 is 28.8 Å². The third kappa shape index (κ3) is 6.47. The van der Waals surface area contributed by atoms with E-state index >= 15 is 0 Å². The standard InChI is InChI=1S/C8H16O3.C6H12O3/c1-4-9-5-7-6-10-8(2,3)11-7;1-6(2)8-4-5(3-7)9-6/h7H,4-6H2,1-3H3;5,7H,3-4H2,1-2H3/t7-;/m1./s1. The first kappa shape index (κ1) is 17.8. The minimum Gasteiger partial charge on any atom is -0.394 e. The molecule has 2 aliphatic rings. The average Bonchev–Trinajstić information content (AvgIpc) is 2.89. The highest BCUT2D eigenvalue weighted by Gasteiger charge is 2.32. The van der Waals surface area contributed by atoms with Gasteiger partial charge in [0, 0.05) is 6.61 Å². The first-order valence-corrected chi connectivity index (χ1v) is 7.10. The first-order chi connectivity index (χ1) is 9.28. The van der Waals surface area contributed by atoms with Gasteiger partial charge in [0.25, 0.3) is 0 Å². The second-order valence-electron chi connectivity index (χ2n) is 5.74. The summed E-state index contributed by atoms with van der Waals surface area (Å²) < 4.78 is 26.4. The number of rotatable bonds is 4. The fraction of sp³-hybridized carbons (Fsp3) is 1.00. The van der Waals surface area contributed by atoms with Crippen LogP contribution in [0.4, 0.5) is 0 Å². The largest absolute Gasteiger partial charge is 0.394 e. The Kier molecular flexibility index (Phi) is 6.84. The monoisotopic (exact) mass is 292 g/mol. The molecule has 120 valence electrons. The van der Waals surface area contributed by atoms with E-state index < -0.39 is 11.6 Å². The van der Waals surface area contributed by atoms with E-state index in [0.717, 1.165) is 6.61 Å². The Morgan fingerprint density at radius 2 is 1.50 bits per heavy atom. The molecule has 0 aromatic rings. The van der Waals surface area contributed by atoms with Crippen molar-refractivity contribution in [2.75, 3.05) is 33.0 Å². The summed E-state index contributed by atoms with van der Waals surface area (Å²) in [6, 6.07) is 0. The Hall–Kier alpha value is -0.240. The zero-order valence-corrected chi connectivity index (χ0v) is 13.2. The maximum absolute atomic E-state index is 8.59. The fourth-order valence-electron chi connectivity index (χ4n) is 1.95. The molecule has 0 saturated carbocycles. The van der Waals surface area contributed by atoms with Crippen molar-refractivity contribution in [3.8, 4) is 0 Å². The Morgan fingerprint density at radius 1 is 1.00 bits per heavy atom. The van der Waals surface area contributed by atoms with Crippen LogP contribution in [0.1, 0.15) is 34.6 Å². The number of aliphatic hydroxyl groups excluding tert-OH is 1. The minimum atomic E-state index is -0.493. The molecule has 2 fully saturated rings. The van der Waals surface area contributed by atoms with Gasteiger partial charge in [-0.2, -0.15) is 0 Å². The summed E-state index contributed by atoms with van der Waals surface area (Å²) in [5.74, 6) is -0.908. The van der Waals surface area contributed by atoms with Crippen LogP contribution < -0.4 is 0 Å². The SMILES string of the molecule is CC1(C)OCC(CO)O1.CCOC[C@@H]1COC(C)(C)O1. The number of ether oxygens (including phenoxy) is 5. The molecule has 0 aromatic carbocycles. The molecule has 0 radical (unpaired) electrons. The Morgan fingerprint density at radius 3 is 1.80 bits per heavy atom. The number of hydrogen-bond acceptors (Lipinski definition) is 6. The molecule has 2 atom stereocenters. The zero-order chi connectivity index (χ0) is 15.2. The van der Waals surface area contributed by atoms with Crippen molar-refractivity contribution < 1.29 is 28.8 Å². The van der Waals surface area contributed by atoms with E-state index in [-0.39, 0.29) is 18.8 Å². The van der Waals surface area contributed by atoms with Gasteiger partial charge >= 0.3 is 0 Å². The van der Waals surface area contributed by atoms with Crippen LogP contribution in [0.15, 0.2) is 0 Å². The maximum atomic E-state index is 8.59. The molecule has 20 heavy (non-hydrogen) atoms. The summed E-state index contributed by atoms with van der Waals surface area (Å²) in [6.07, 6.45) is -0.00931. The summed E-state index contributed by atoms with van der Waals surface area (Å²) >= 11 is 0. The average molecular weight is 292 g/mol. The van der Waals surface area contributed by atoms with Crippen LogP contribution in [-0.2, 0) is 23.7 Å². The minimum absolute atomic E-state index is 0.0451. The lowest BCUT2D eigenvalue weighted by Gasteiger charge is -2.16. The van der Waals surface area contributed by atoms with Crippen molar-refractivity contribution in [3.63, 3.8) is 0 Å². The van der Waals surface area contributed by atoms with E-state index in [0.29, 0.717) is 19.8 Å². The molecular weight excluding hydrogens is 264 g/mol. The lowest BCUT2D eigenvalue weighted by molar-refractivity contribution is -0.144. The van der Waals surface area contributed by atoms with Crippen LogP contribution in [-0.4, -0.2) is 61.9 Å². The Bertz CT molecular complexity index is 279. The molecule has 2 aliphatic heterocycles. The molecule has 6 heteroatoms. The van der Waals surface area contributed by atoms with Gasteiger partial charge in [-0.15, -0.1) is 0 Å². The van der Waals surface area contributed by atoms with Crippen LogP contribution in [0.5, 0.6) is 0 Å². The molecule has 0 aromatic heterocycles. The highest BCUT2D eigenvalue weighted by Crippen LogP contribution is 2.22. The van der Waals surface area contributed by atoms with Gasteiger partial charge in [0.05, 0.1) is 26.4 Å². The van der Waals surface area contributed by atoms with E-state index in [9.17, 15) is 0 Å². The molecule has 0 spiro atoms. The molecular formula is C14H28O6. The highest BCUT2D eigenvalue weighted by atomic mass is 16.8. The molecule has 0 bridgehead atoms. The predicted molar refractivity (Wildman–Crippen MR) is 73.4 cm³/mol. The highest BCUT2D eigenvalue weighted by molar-refractivity contribution is 4.70. The van der Waals surface area contributed by atoms with Gasteiger partial charge in [-0.3, -0.25) is 0 Å². The van der Waals surface area contributed by atoms with Crippen molar-refractivity contribution in [2.24, 2.45) is 0 Å². The van der Waals surface area contributed by atoms with Crippen LogP contribution in [0.25, 0.3) is 0 Å². The summed E-state index contributed by atoms with van der Waals surface area (Å²) in [7, 11) is 0. The van der Waals surface area contributed by atoms with Gasteiger partial charge in [-0.25, -0.2) is 0 Å². The smallest absolute Gasteiger partial charge is 0.163 e. The van der Waals surface area contributed by atoms with Crippen molar-refractivity contribution in [1.82, 2.24) is 0 Å². The molecule has 2 rings (SSSR count). The van der Waals surface area contributed by atoms with Gasteiger partial charge in [0.2, 0.25) is 0 Å². The zero-order valence-electron chi connectivity index (χ0n) is 13.2. The molecule has 2 heterocycles. The van der Waals surface area contributed by atoms with E-state index in [4.69, 9.17) is 28.8 Å². The third-order valence-electron chi connectivity index (χ3n) is 2.85. The maximum Gasteiger partial charge on any atom is 0.163 e. The third-order valence-corrected chi connectivity index (χ3v) is 2.85. The van der Waals surface area contributed by atoms with Gasteiger partial charge in [-0.05, 0) is 34.6 Å². The number of aliphatic hydroxyl groups is 1. The molecule has 0 amide bonds. The quantitative estimate of drug-likeness (QED) is 0.842. The Labute approximate surface area is 121 Å². The van der Waals surface area contributed by atoms with Crippen LogP contribution in [0, 0.1) is 0 Å². The molecule has 1 unspecified atom stereocenters. The normalized spacial score (nSPS) is 30.9. The summed E-state index contributed by atoms with van der Waals surface area (Å²) in [5.41, 5.74) is 0. The second-order valence-corrected chi connectivity index (χ2v) is 5.74. The van der Waals surface area contributed by atoms with Crippen molar-refractivity contribution in [2.45, 2.75) is 58.4 Å². The molecule has 0 aliphatic carbocycles. The predicted octanol–water partition coefficient (Wildman–Crippen LogP) is 1.30. The van der Waals surface area contributed by atoms with E-state index in [1.54, 1.807) is 0 Å². The lowest BCUT2D eigenvalue weighted by Crippen LogP contribution is -2.23. The van der Waals surface area contributed by atoms with Crippen molar-refractivity contribution in [1.29, 1.82) is 0 Å². The van der Waals surface area contributed by atoms with Crippen molar-refractivity contribution >= 4 is 0 Å². The Balaban J connectivity index is 0.000000204. The van der Waals surface area contributed by atoms with Crippen molar-refractivity contribution in [3.05, 3.63) is 0 Å². The van der Waals surface area contributed by atoms with Crippen LogP contribution in [0.2, 0.25) is 0 Å².